The Hall–Kier alpha value is -2.19. The number of hydrogen-bond donors (Lipinski definition) is 1. The van der Waals surface area contributed by atoms with Gasteiger partial charge < -0.3 is 10.6 Å². The number of benzene rings is 1. The predicted molar refractivity (Wildman–Crippen MR) is 78.2 cm³/mol. The summed E-state index contributed by atoms with van der Waals surface area (Å²) in [7, 11) is 0. The van der Waals surface area contributed by atoms with E-state index in [0.717, 1.165) is 30.6 Å². The minimum absolute atomic E-state index is 0.189. The Morgan fingerprint density at radius 3 is 3.00 bits per heavy atom. The van der Waals surface area contributed by atoms with Gasteiger partial charge in [-0.3, -0.25) is 0 Å². The summed E-state index contributed by atoms with van der Waals surface area (Å²) in [6.45, 7) is 4.03. The maximum atomic E-state index is 9.18. The van der Waals surface area contributed by atoms with E-state index in [1.807, 2.05) is 12.1 Å². The highest BCUT2D eigenvalue weighted by Gasteiger charge is 2.24. The molecule has 2 aromatic rings. The molecule has 1 aromatic heterocycles. The molecule has 5 heteroatoms. The van der Waals surface area contributed by atoms with Gasteiger partial charge in [-0.2, -0.15) is 5.26 Å². The van der Waals surface area contributed by atoms with Gasteiger partial charge in [-0.05, 0) is 24.5 Å². The summed E-state index contributed by atoms with van der Waals surface area (Å²) >= 11 is 0. The van der Waals surface area contributed by atoms with Gasteiger partial charge in [0, 0.05) is 36.4 Å². The Balaban J connectivity index is 2.11. The molecule has 5 nitrogen and oxygen atoms in total. The van der Waals surface area contributed by atoms with Crippen LogP contribution in [0.5, 0.6) is 0 Å². The van der Waals surface area contributed by atoms with Gasteiger partial charge >= 0.3 is 0 Å². The number of rotatable bonds is 1. The molecule has 0 saturated carbocycles. The topological polar surface area (TPSA) is 78.8 Å². The molecule has 0 unspecified atom stereocenters. The molecule has 1 aliphatic rings. The zero-order valence-corrected chi connectivity index (χ0v) is 11.5. The van der Waals surface area contributed by atoms with Crippen molar-refractivity contribution in [2.75, 3.05) is 18.0 Å². The van der Waals surface area contributed by atoms with E-state index in [2.05, 4.69) is 27.9 Å². The Morgan fingerprint density at radius 2 is 2.25 bits per heavy atom. The van der Waals surface area contributed by atoms with Crippen molar-refractivity contribution >= 4 is 16.6 Å². The van der Waals surface area contributed by atoms with E-state index < -0.39 is 0 Å². The number of nitriles is 1. The summed E-state index contributed by atoms with van der Waals surface area (Å²) in [5.74, 6) is 0.564. The third-order valence-corrected chi connectivity index (χ3v) is 3.80. The van der Waals surface area contributed by atoms with Gasteiger partial charge in [-0.1, -0.05) is 6.92 Å². The second-order valence-electron chi connectivity index (χ2n) is 5.54. The van der Waals surface area contributed by atoms with E-state index in [9.17, 15) is 5.26 Å². The summed E-state index contributed by atoms with van der Waals surface area (Å²) in [6, 6.07) is 6.18. The zero-order chi connectivity index (χ0) is 14.1. The van der Waals surface area contributed by atoms with Gasteiger partial charge in [0.2, 0.25) is 0 Å². The van der Waals surface area contributed by atoms with Crippen molar-refractivity contribution in [1.29, 1.82) is 5.26 Å². The van der Waals surface area contributed by atoms with Crippen LogP contribution in [0.2, 0.25) is 0 Å². The van der Waals surface area contributed by atoms with E-state index in [1.54, 1.807) is 6.20 Å². The first-order chi connectivity index (χ1) is 9.69. The molecule has 102 valence electrons. The SMILES string of the molecule is C[C@H]1C[C@@H](N)CN(c2ccc(C#N)c3ncncc23)C1. The van der Waals surface area contributed by atoms with Gasteiger partial charge in [0.15, 0.2) is 0 Å². The van der Waals surface area contributed by atoms with Gasteiger partial charge in [0.25, 0.3) is 0 Å². The van der Waals surface area contributed by atoms with Crippen LogP contribution in [0.3, 0.4) is 0 Å². The van der Waals surface area contributed by atoms with Crippen LogP contribution in [-0.4, -0.2) is 29.1 Å². The van der Waals surface area contributed by atoms with E-state index in [1.165, 1.54) is 6.33 Å². The summed E-state index contributed by atoms with van der Waals surface area (Å²) in [4.78, 5) is 10.6. The Bertz CT molecular complexity index is 666. The molecule has 2 atom stereocenters. The van der Waals surface area contributed by atoms with Crippen LogP contribution in [0.4, 0.5) is 5.69 Å². The second-order valence-corrected chi connectivity index (χ2v) is 5.54. The van der Waals surface area contributed by atoms with Crippen LogP contribution in [0.15, 0.2) is 24.7 Å². The van der Waals surface area contributed by atoms with Crippen molar-refractivity contribution in [2.24, 2.45) is 11.7 Å². The van der Waals surface area contributed by atoms with E-state index >= 15 is 0 Å². The maximum Gasteiger partial charge on any atom is 0.116 e. The van der Waals surface area contributed by atoms with Crippen LogP contribution in [0.1, 0.15) is 18.9 Å². The molecule has 1 aliphatic heterocycles. The van der Waals surface area contributed by atoms with Crippen molar-refractivity contribution in [1.82, 2.24) is 9.97 Å². The van der Waals surface area contributed by atoms with Crippen molar-refractivity contribution in [3.63, 3.8) is 0 Å². The quantitative estimate of drug-likeness (QED) is 0.850. The predicted octanol–water partition coefficient (Wildman–Crippen LogP) is 1.67. The normalized spacial score (nSPS) is 22.8. The lowest BCUT2D eigenvalue weighted by Gasteiger charge is -2.36. The third kappa shape index (κ3) is 2.19. The fourth-order valence-electron chi connectivity index (χ4n) is 3.03. The molecule has 0 spiro atoms. The Morgan fingerprint density at radius 1 is 1.40 bits per heavy atom. The van der Waals surface area contributed by atoms with Crippen molar-refractivity contribution in [3.8, 4) is 6.07 Å². The van der Waals surface area contributed by atoms with Crippen LogP contribution in [0.25, 0.3) is 10.9 Å². The molecule has 0 bridgehead atoms. The molecule has 1 aromatic carbocycles. The smallest absolute Gasteiger partial charge is 0.116 e. The van der Waals surface area contributed by atoms with Gasteiger partial charge in [0.1, 0.15) is 12.4 Å². The highest BCUT2D eigenvalue weighted by Crippen LogP contribution is 2.30. The minimum Gasteiger partial charge on any atom is -0.369 e. The Labute approximate surface area is 118 Å². The summed E-state index contributed by atoms with van der Waals surface area (Å²) in [6.07, 6.45) is 4.32. The van der Waals surface area contributed by atoms with Crippen molar-refractivity contribution in [3.05, 3.63) is 30.2 Å². The highest BCUT2D eigenvalue weighted by atomic mass is 15.2. The molecule has 20 heavy (non-hydrogen) atoms. The molecule has 3 rings (SSSR count). The van der Waals surface area contributed by atoms with Crippen molar-refractivity contribution < 1.29 is 0 Å². The maximum absolute atomic E-state index is 9.18. The molecule has 0 amide bonds. The molecule has 1 saturated heterocycles. The first-order valence-electron chi connectivity index (χ1n) is 6.82. The molecule has 2 heterocycles. The van der Waals surface area contributed by atoms with Crippen LogP contribution < -0.4 is 10.6 Å². The first kappa shape index (κ1) is 12.8. The first-order valence-corrected chi connectivity index (χ1v) is 6.82. The van der Waals surface area contributed by atoms with Gasteiger partial charge in [0.05, 0.1) is 11.1 Å². The lowest BCUT2D eigenvalue weighted by Crippen LogP contribution is -2.46. The van der Waals surface area contributed by atoms with Gasteiger partial charge in [-0.15, -0.1) is 0 Å². The fraction of sp³-hybridized carbons (Fsp3) is 0.400. The van der Waals surface area contributed by atoms with Crippen LogP contribution >= 0.6 is 0 Å². The fourth-order valence-corrected chi connectivity index (χ4v) is 3.03. The number of piperidine rings is 1. The van der Waals surface area contributed by atoms with E-state index in [4.69, 9.17) is 5.73 Å². The number of fused-ring (bicyclic) bond motifs is 1. The largest absolute Gasteiger partial charge is 0.369 e. The number of hydrogen-bond acceptors (Lipinski definition) is 5. The minimum atomic E-state index is 0.189. The number of aromatic nitrogens is 2. The summed E-state index contributed by atoms with van der Waals surface area (Å²) < 4.78 is 0. The number of nitrogens with two attached hydrogens (primary N) is 1. The third-order valence-electron chi connectivity index (χ3n) is 3.80. The molecular formula is C15H17N5. The number of anilines is 1. The second kappa shape index (κ2) is 5.06. The summed E-state index contributed by atoms with van der Waals surface area (Å²) in [5.41, 5.74) is 8.50. The Kier molecular flexibility index (Phi) is 3.25. The molecule has 0 radical (unpaired) electrons. The van der Waals surface area contributed by atoms with Crippen molar-refractivity contribution in [2.45, 2.75) is 19.4 Å². The van der Waals surface area contributed by atoms with Crippen LogP contribution in [-0.2, 0) is 0 Å². The molecule has 0 aliphatic carbocycles. The molecular weight excluding hydrogens is 250 g/mol. The molecule has 2 N–H and O–H groups in total. The van der Waals surface area contributed by atoms with Crippen LogP contribution in [0, 0.1) is 17.2 Å². The van der Waals surface area contributed by atoms with E-state index in [-0.39, 0.29) is 6.04 Å². The zero-order valence-electron chi connectivity index (χ0n) is 11.5. The lowest BCUT2D eigenvalue weighted by atomic mass is 9.95. The van der Waals surface area contributed by atoms with E-state index in [0.29, 0.717) is 17.0 Å². The average molecular weight is 267 g/mol. The summed E-state index contributed by atoms with van der Waals surface area (Å²) in [5, 5.41) is 10.1. The average Bonchev–Trinajstić information content (AvgIpc) is 2.45. The lowest BCUT2D eigenvalue weighted by molar-refractivity contribution is 0.402. The molecule has 1 fully saturated rings. The standard InChI is InChI=1S/C15H17N5/c1-10-4-12(17)8-20(7-10)14-3-2-11(5-16)15-13(14)6-18-9-19-15/h2-3,6,9-10,12H,4,7-8,17H2,1H3/t10-,12+/m0/s1. The number of nitrogens with zero attached hydrogens (tertiary/aromatic N) is 4. The monoisotopic (exact) mass is 267 g/mol. The van der Waals surface area contributed by atoms with Gasteiger partial charge in [-0.25, -0.2) is 9.97 Å². The highest BCUT2D eigenvalue weighted by molar-refractivity contribution is 5.94.